The molecule has 0 amide bonds. The lowest BCUT2D eigenvalue weighted by Gasteiger charge is -2.38. The van der Waals surface area contributed by atoms with Crippen molar-refractivity contribution in [2.24, 2.45) is 5.41 Å². The highest BCUT2D eigenvalue weighted by Gasteiger charge is 2.82. The number of esters is 1. The van der Waals surface area contributed by atoms with Crippen LogP contribution in [0.15, 0.2) is 0 Å². The first-order valence-corrected chi connectivity index (χ1v) is 7.61. The molecule has 0 aromatic heterocycles. The van der Waals surface area contributed by atoms with Gasteiger partial charge in [-0.25, -0.2) is 4.79 Å². The summed E-state index contributed by atoms with van der Waals surface area (Å²) in [6, 6.07) is 0. The maximum atomic E-state index is 12.4. The van der Waals surface area contributed by atoms with Crippen molar-refractivity contribution in [1.29, 1.82) is 0 Å². The lowest BCUT2D eigenvalue weighted by Crippen LogP contribution is -2.46. The summed E-state index contributed by atoms with van der Waals surface area (Å²) in [7, 11) is 0. The summed E-state index contributed by atoms with van der Waals surface area (Å²) in [4.78, 5) is 12.4. The Labute approximate surface area is 114 Å². The van der Waals surface area contributed by atoms with Crippen molar-refractivity contribution in [3.8, 4) is 0 Å². The third-order valence-electron chi connectivity index (χ3n) is 5.55. The maximum Gasteiger partial charge on any atom is 0.341 e. The van der Waals surface area contributed by atoms with Crippen LogP contribution in [0, 0.1) is 5.41 Å². The predicted octanol–water partition coefficient (Wildman–Crippen LogP) is 2.45. The van der Waals surface area contributed by atoms with E-state index < -0.39 is 5.60 Å². The van der Waals surface area contributed by atoms with E-state index in [1.165, 1.54) is 0 Å². The van der Waals surface area contributed by atoms with Gasteiger partial charge in [0, 0.05) is 18.6 Å². The molecule has 2 spiro atoms. The molecule has 1 aliphatic carbocycles. The summed E-state index contributed by atoms with van der Waals surface area (Å²) in [5.74, 6) is -0.148. The summed E-state index contributed by atoms with van der Waals surface area (Å²) in [5, 5.41) is 0. The average molecular weight is 268 g/mol. The summed E-state index contributed by atoms with van der Waals surface area (Å²) < 4.78 is 17.0. The van der Waals surface area contributed by atoms with Gasteiger partial charge in [-0.3, -0.25) is 0 Å². The molecule has 2 saturated heterocycles. The molecule has 3 rings (SSSR count). The molecule has 3 fully saturated rings. The Balaban J connectivity index is 1.89. The quantitative estimate of drug-likeness (QED) is 0.582. The van der Waals surface area contributed by atoms with Crippen molar-refractivity contribution in [3.63, 3.8) is 0 Å². The molecule has 0 aromatic carbocycles. The minimum atomic E-state index is -0.670. The standard InChI is InChI=1S/C15H24O4/c1-3-14(12(16)18-4-2)15(19-14)7-5-6-13(15)8-10-17-11-9-13/h3-11H2,1-2H3. The minimum absolute atomic E-state index is 0.147. The van der Waals surface area contributed by atoms with Gasteiger partial charge in [0.15, 0.2) is 5.60 Å². The van der Waals surface area contributed by atoms with Crippen LogP contribution < -0.4 is 0 Å². The molecule has 3 aliphatic rings. The van der Waals surface area contributed by atoms with Crippen LogP contribution in [-0.2, 0) is 19.0 Å². The van der Waals surface area contributed by atoms with Gasteiger partial charge in [-0.2, -0.15) is 0 Å². The second kappa shape index (κ2) is 4.45. The third kappa shape index (κ3) is 1.56. The van der Waals surface area contributed by atoms with Crippen LogP contribution in [0.3, 0.4) is 0 Å². The Morgan fingerprint density at radius 1 is 1.16 bits per heavy atom. The van der Waals surface area contributed by atoms with Gasteiger partial charge >= 0.3 is 5.97 Å². The number of fused-ring (bicyclic) bond motifs is 1. The summed E-state index contributed by atoms with van der Waals surface area (Å²) in [6.45, 7) is 5.92. The smallest absolute Gasteiger partial charge is 0.341 e. The maximum absolute atomic E-state index is 12.4. The van der Waals surface area contributed by atoms with Gasteiger partial charge < -0.3 is 14.2 Å². The van der Waals surface area contributed by atoms with Gasteiger partial charge in [0.1, 0.15) is 5.60 Å². The molecule has 2 atom stereocenters. The number of carbonyl (C=O) groups excluding carboxylic acids is 1. The first-order valence-electron chi connectivity index (χ1n) is 7.61. The number of epoxide rings is 1. The van der Waals surface area contributed by atoms with Gasteiger partial charge in [0.2, 0.25) is 0 Å². The van der Waals surface area contributed by atoms with E-state index in [0.29, 0.717) is 13.0 Å². The number of carbonyl (C=O) groups is 1. The number of hydrogen-bond donors (Lipinski definition) is 0. The molecule has 0 radical (unpaired) electrons. The van der Waals surface area contributed by atoms with Crippen LogP contribution in [0.5, 0.6) is 0 Å². The zero-order valence-electron chi connectivity index (χ0n) is 12.0. The molecule has 2 aliphatic heterocycles. The van der Waals surface area contributed by atoms with Crippen molar-refractivity contribution < 1.29 is 19.0 Å². The second-order valence-corrected chi connectivity index (χ2v) is 6.08. The second-order valence-electron chi connectivity index (χ2n) is 6.08. The Kier molecular flexibility index (Phi) is 3.13. The molecule has 19 heavy (non-hydrogen) atoms. The van der Waals surface area contributed by atoms with Crippen molar-refractivity contribution in [2.45, 2.75) is 63.6 Å². The van der Waals surface area contributed by atoms with Gasteiger partial charge in [0.25, 0.3) is 0 Å². The minimum Gasteiger partial charge on any atom is -0.464 e. The summed E-state index contributed by atoms with van der Waals surface area (Å²) in [5.41, 5.74) is -0.782. The van der Waals surface area contributed by atoms with E-state index in [9.17, 15) is 4.79 Å². The largest absolute Gasteiger partial charge is 0.464 e. The molecule has 0 N–H and O–H groups in total. The fourth-order valence-electron chi connectivity index (χ4n) is 4.58. The molecule has 0 bridgehead atoms. The number of hydrogen-bond acceptors (Lipinski definition) is 4. The Morgan fingerprint density at radius 3 is 2.53 bits per heavy atom. The fraction of sp³-hybridized carbons (Fsp3) is 0.933. The highest BCUT2D eigenvalue weighted by Crippen LogP contribution is 2.70. The average Bonchev–Trinajstić information content (AvgIpc) is 3.00. The molecular formula is C15H24O4. The first-order chi connectivity index (χ1) is 9.16. The highest BCUT2D eigenvalue weighted by molar-refractivity contribution is 5.85. The zero-order chi connectivity index (χ0) is 13.6. The van der Waals surface area contributed by atoms with Crippen LogP contribution in [-0.4, -0.2) is 37.0 Å². The first kappa shape index (κ1) is 13.4. The van der Waals surface area contributed by atoms with E-state index in [0.717, 1.165) is 45.3 Å². The van der Waals surface area contributed by atoms with E-state index in [2.05, 4.69) is 0 Å². The SMILES string of the molecule is CCOC(=O)C1(CC)OC12CCCC21CCOCC1. The van der Waals surface area contributed by atoms with E-state index in [1.54, 1.807) is 0 Å². The Morgan fingerprint density at radius 2 is 1.89 bits per heavy atom. The summed E-state index contributed by atoms with van der Waals surface area (Å²) >= 11 is 0. The van der Waals surface area contributed by atoms with Gasteiger partial charge in [-0.1, -0.05) is 6.92 Å². The molecular weight excluding hydrogens is 244 g/mol. The van der Waals surface area contributed by atoms with Crippen molar-refractivity contribution in [1.82, 2.24) is 0 Å². The van der Waals surface area contributed by atoms with Crippen LogP contribution in [0.4, 0.5) is 0 Å². The van der Waals surface area contributed by atoms with Crippen molar-refractivity contribution in [3.05, 3.63) is 0 Å². The van der Waals surface area contributed by atoms with E-state index in [1.807, 2.05) is 13.8 Å². The van der Waals surface area contributed by atoms with E-state index in [-0.39, 0.29) is 17.0 Å². The van der Waals surface area contributed by atoms with Crippen LogP contribution >= 0.6 is 0 Å². The molecule has 4 nitrogen and oxygen atoms in total. The molecule has 108 valence electrons. The lowest BCUT2D eigenvalue weighted by atomic mass is 9.66. The lowest BCUT2D eigenvalue weighted by molar-refractivity contribution is -0.150. The van der Waals surface area contributed by atoms with E-state index in [4.69, 9.17) is 14.2 Å². The highest BCUT2D eigenvalue weighted by atomic mass is 16.7. The Bertz CT molecular complexity index is 374. The molecule has 2 unspecified atom stereocenters. The fourth-order valence-corrected chi connectivity index (χ4v) is 4.58. The number of ether oxygens (including phenoxy) is 3. The van der Waals surface area contributed by atoms with E-state index >= 15 is 0 Å². The molecule has 2 heterocycles. The predicted molar refractivity (Wildman–Crippen MR) is 69.8 cm³/mol. The Hall–Kier alpha value is -0.610. The van der Waals surface area contributed by atoms with Crippen LogP contribution in [0.2, 0.25) is 0 Å². The zero-order valence-corrected chi connectivity index (χ0v) is 12.0. The summed E-state index contributed by atoms with van der Waals surface area (Å²) in [6.07, 6.45) is 6.08. The monoisotopic (exact) mass is 268 g/mol. The number of rotatable bonds is 3. The molecule has 0 aromatic rings. The molecule has 1 saturated carbocycles. The normalized spacial score (nSPS) is 39.7. The van der Waals surface area contributed by atoms with Gasteiger partial charge in [-0.05, 0) is 45.4 Å². The topological polar surface area (TPSA) is 48.1 Å². The van der Waals surface area contributed by atoms with Crippen molar-refractivity contribution >= 4 is 5.97 Å². The van der Waals surface area contributed by atoms with Crippen LogP contribution in [0.1, 0.15) is 52.4 Å². The van der Waals surface area contributed by atoms with Gasteiger partial charge in [0.05, 0.1) is 6.61 Å². The van der Waals surface area contributed by atoms with Gasteiger partial charge in [-0.15, -0.1) is 0 Å². The van der Waals surface area contributed by atoms with Crippen LogP contribution in [0.25, 0.3) is 0 Å². The molecule has 4 heteroatoms. The third-order valence-corrected chi connectivity index (χ3v) is 5.55. The van der Waals surface area contributed by atoms with Crippen molar-refractivity contribution in [2.75, 3.05) is 19.8 Å².